The fourth-order valence-corrected chi connectivity index (χ4v) is 3.73. The summed E-state index contributed by atoms with van der Waals surface area (Å²) in [5.41, 5.74) is -0.619. The molecule has 0 unspecified atom stereocenters. The van der Waals surface area contributed by atoms with Crippen LogP contribution < -0.4 is 4.90 Å². The van der Waals surface area contributed by atoms with Crippen LogP contribution >= 0.6 is 11.3 Å². The molecule has 0 saturated carbocycles. The second-order valence-corrected chi connectivity index (χ2v) is 6.71. The molecule has 0 N–H and O–H groups in total. The summed E-state index contributed by atoms with van der Waals surface area (Å²) in [6.45, 7) is 7.36. The predicted molar refractivity (Wildman–Crippen MR) is 76.4 cm³/mol. The average Bonchev–Trinajstić information content (AvgIpc) is 2.86. The van der Waals surface area contributed by atoms with Gasteiger partial charge in [-0.1, -0.05) is 0 Å². The van der Waals surface area contributed by atoms with Gasteiger partial charge in [0, 0.05) is 37.3 Å². The fraction of sp³-hybridized carbons (Fsp3) is 0.615. The second kappa shape index (κ2) is 4.72. The lowest BCUT2D eigenvalue weighted by atomic mass is 9.92. The summed E-state index contributed by atoms with van der Waals surface area (Å²) in [6.07, 6.45) is 3.96. The van der Waals surface area contributed by atoms with Gasteiger partial charge >= 0.3 is 0 Å². The van der Waals surface area contributed by atoms with Gasteiger partial charge in [0.1, 0.15) is 5.54 Å². The number of rotatable bonds is 1. The minimum Gasteiger partial charge on any atom is -0.307 e. The van der Waals surface area contributed by atoms with E-state index in [9.17, 15) is 4.79 Å². The highest BCUT2D eigenvalue weighted by atomic mass is 32.1. The molecule has 1 atom stereocenters. The molecule has 3 rings (SSSR count). The quantitative estimate of drug-likeness (QED) is 0.711. The topological polar surface area (TPSA) is 63.5 Å². The van der Waals surface area contributed by atoms with Crippen molar-refractivity contribution in [2.24, 2.45) is 0 Å². The van der Waals surface area contributed by atoms with E-state index in [1.165, 1.54) is 11.3 Å². The minimum absolute atomic E-state index is 0.0538. The number of aromatic nitrogens is 1. The Kier molecular flexibility index (Phi) is 3.15. The van der Waals surface area contributed by atoms with Crippen molar-refractivity contribution in [1.29, 1.82) is 5.26 Å². The summed E-state index contributed by atoms with van der Waals surface area (Å²) in [7, 11) is 0. The van der Waals surface area contributed by atoms with Crippen molar-refractivity contribution in [2.45, 2.75) is 19.4 Å². The lowest BCUT2D eigenvalue weighted by Crippen LogP contribution is -2.71. The van der Waals surface area contributed by atoms with Crippen molar-refractivity contribution in [3.05, 3.63) is 11.1 Å². The number of thiazole rings is 1. The largest absolute Gasteiger partial charge is 0.307 e. The number of nitrogens with zero attached hydrogens (tertiary/aromatic N) is 5. The van der Waals surface area contributed by atoms with Crippen LogP contribution in [0.25, 0.3) is 0 Å². The van der Waals surface area contributed by atoms with Crippen molar-refractivity contribution >= 4 is 22.4 Å². The van der Waals surface area contributed by atoms with E-state index in [1.54, 1.807) is 16.0 Å². The maximum atomic E-state index is 12.9. The predicted octanol–water partition coefficient (Wildman–Crippen LogP) is 0.655. The molecule has 106 valence electrons. The molecule has 2 fully saturated rings. The molecule has 1 amide bonds. The van der Waals surface area contributed by atoms with Gasteiger partial charge in [-0.2, -0.15) is 5.26 Å². The van der Waals surface area contributed by atoms with Gasteiger partial charge in [0.2, 0.25) is 0 Å². The fourth-order valence-electron chi connectivity index (χ4n) is 2.95. The standard InChI is InChI=1S/C13H17N5OS/c1-10-7-15-12(20-10)18-6-5-17-4-3-16(9-14)8-13(17,2)11(18)19/h7H,3-6,8H2,1-2H3/t13-/m1/s1. The average molecular weight is 291 g/mol. The van der Waals surface area contributed by atoms with Crippen LogP contribution in [-0.4, -0.2) is 59.0 Å². The van der Waals surface area contributed by atoms with Crippen LogP contribution in [-0.2, 0) is 4.79 Å². The SMILES string of the molecule is Cc1cnc(N2CCN3CCN(C#N)C[C@]3(C)C2=O)s1. The van der Waals surface area contributed by atoms with Gasteiger partial charge in [0.05, 0.1) is 6.54 Å². The van der Waals surface area contributed by atoms with Crippen molar-refractivity contribution in [2.75, 3.05) is 37.6 Å². The van der Waals surface area contributed by atoms with Gasteiger partial charge in [0.25, 0.3) is 5.91 Å². The highest BCUT2D eigenvalue weighted by molar-refractivity contribution is 7.15. The van der Waals surface area contributed by atoms with Gasteiger partial charge in [-0.3, -0.25) is 14.6 Å². The van der Waals surface area contributed by atoms with E-state index in [4.69, 9.17) is 5.26 Å². The van der Waals surface area contributed by atoms with Gasteiger partial charge in [-0.05, 0) is 13.8 Å². The molecule has 3 heterocycles. The zero-order valence-electron chi connectivity index (χ0n) is 11.7. The third-order valence-corrected chi connectivity index (χ3v) is 5.05. The highest BCUT2D eigenvalue weighted by Crippen LogP contribution is 2.31. The molecule has 0 aromatic carbocycles. The number of hydrogen-bond acceptors (Lipinski definition) is 6. The van der Waals surface area contributed by atoms with E-state index < -0.39 is 5.54 Å². The van der Waals surface area contributed by atoms with Crippen LogP contribution in [0.2, 0.25) is 0 Å². The van der Waals surface area contributed by atoms with Gasteiger partial charge in [-0.25, -0.2) is 4.98 Å². The molecule has 0 radical (unpaired) electrons. The van der Waals surface area contributed by atoms with Gasteiger partial charge < -0.3 is 4.90 Å². The first kappa shape index (κ1) is 13.3. The Morgan fingerprint density at radius 3 is 2.80 bits per heavy atom. The number of amides is 1. The van der Waals surface area contributed by atoms with Gasteiger partial charge in [0.15, 0.2) is 11.3 Å². The Balaban J connectivity index is 1.89. The molecule has 0 bridgehead atoms. The molecule has 2 saturated heterocycles. The van der Waals surface area contributed by atoms with E-state index >= 15 is 0 Å². The number of hydrogen-bond donors (Lipinski definition) is 0. The monoisotopic (exact) mass is 291 g/mol. The number of carbonyl (C=O) groups excluding carboxylic acids is 1. The Bertz CT molecular complexity index is 580. The number of nitriles is 1. The molecule has 7 heteroatoms. The summed E-state index contributed by atoms with van der Waals surface area (Å²) in [4.78, 5) is 23.9. The summed E-state index contributed by atoms with van der Waals surface area (Å²) < 4.78 is 0. The summed E-state index contributed by atoms with van der Waals surface area (Å²) in [5, 5.41) is 9.86. The zero-order chi connectivity index (χ0) is 14.3. The maximum absolute atomic E-state index is 12.9. The third-order valence-electron chi connectivity index (χ3n) is 4.12. The molecular formula is C13H17N5OS. The minimum atomic E-state index is -0.619. The molecule has 2 aliphatic heterocycles. The van der Waals surface area contributed by atoms with Crippen LogP contribution in [0.15, 0.2) is 6.20 Å². The maximum Gasteiger partial charge on any atom is 0.250 e. The van der Waals surface area contributed by atoms with Crippen molar-refractivity contribution in [3.63, 3.8) is 0 Å². The van der Waals surface area contributed by atoms with Crippen LogP contribution in [0, 0.1) is 18.4 Å². The highest BCUT2D eigenvalue weighted by Gasteiger charge is 2.49. The Hall–Kier alpha value is -1.65. The van der Waals surface area contributed by atoms with Crippen molar-refractivity contribution in [1.82, 2.24) is 14.8 Å². The molecule has 2 aliphatic rings. The van der Waals surface area contributed by atoms with E-state index in [-0.39, 0.29) is 5.91 Å². The Labute approximate surface area is 122 Å². The Morgan fingerprint density at radius 2 is 2.15 bits per heavy atom. The zero-order valence-corrected chi connectivity index (χ0v) is 12.5. The van der Waals surface area contributed by atoms with Crippen LogP contribution in [0.3, 0.4) is 0 Å². The summed E-state index contributed by atoms with van der Waals surface area (Å²) >= 11 is 1.54. The van der Waals surface area contributed by atoms with Crippen molar-refractivity contribution < 1.29 is 4.79 Å². The molecule has 20 heavy (non-hydrogen) atoms. The van der Waals surface area contributed by atoms with E-state index in [0.29, 0.717) is 19.6 Å². The molecule has 0 aliphatic carbocycles. The normalized spacial score (nSPS) is 27.4. The van der Waals surface area contributed by atoms with Gasteiger partial charge in [-0.15, -0.1) is 11.3 Å². The lowest BCUT2D eigenvalue weighted by Gasteiger charge is -2.51. The van der Waals surface area contributed by atoms with Crippen LogP contribution in [0.1, 0.15) is 11.8 Å². The molecule has 1 aromatic rings. The number of fused-ring (bicyclic) bond motifs is 1. The smallest absolute Gasteiger partial charge is 0.250 e. The first-order valence-corrected chi connectivity index (χ1v) is 7.50. The van der Waals surface area contributed by atoms with E-state index in [1.807, 2.05) is 13.8 Å². The Morgan fingerprint density at radius 1 is 1.40 bits per heavy atom. The van der Waals surface area contributed by atoms with E-state index in [0.717, 1.165) is 23.1 Å². The molecule has 0 spiro atoms. The van der Waals surface area contributed by atoms with E-state index in [2.05, 4.69) is 16.1 Å². The van der Waals surface area contributed by atoms with Crippen LogP contribution in [0.4, 0.5) is 5.13 Å². The number of carbonyl (C=O) groups is 1. The van der Waals surface area contributed by atoms with Crippen LogP contribution in [0.5, 0.6) is 0 Å². The van der Waals surface area contributed by atoms with Crippen molar-refractivity contribution in [3.8, 4) is 6.19 Å². The molecule has 6 nitrogen and oxygen atoms in total. The second-order valence-electron chi connectivity index (χ2n) is 5.49. The molecule has 1 aromatic heterocycles. The first-order chi connectivity index (χ1) is 9.54. The number of anilines is 1. The molecular weight excluding hydrogens is 274 g/mol. The lowest BCUT2D eigenvalue weighted by molar-refractivity contribution is -0.136. The summed E-state index contributed by atoms with van der Waals surface area (Å²) in [5.74, 6) is 0.0538. The summed E-state index contributed by atoms with van der Waals surface area (Å²) in [6, 6.07) is 0. The number of aryl methyl sites for hydroxylation is 1. The first-order valence-electron chi connectivity index (χ1n) is 6.69. The third kappa shape index (κ3) is 1.96. The number of piperazine rings is 2.